The van der Waals surface area contributed by atoms with E-state index in [4.69, 9.17) is 14.2 Å². The van der Waals surface area contributed by atoms with Gasteiger partial charge in [0.1, 0.15) is 24.8 Å². The first-order chi connectivity index (χ1) is 11.7. The van der Waals surface area contributed by atoms with Crippen LogP contribution in [0.25, 0.3) is 0 Å². The predicted molar refractivity (Wildman–Crippen MR) is 87.6 cm³/mol. The molecule has 24 heavy (non-hydrogen) atoms. The highest BCUT2D eigenvalue weighted by Crippen LogP contribution is 2.19. The van der Waals surface area contributed by atoms with Gasteiger partial charge in [-0.05, 0) is 24.6 Å². The van der Waals surface area contributed by atoms with Crippen LogP contribution in [0.4, 0.5) is 9.18 Å². The number of nitrogens with zero attached hydrogens (tertiary/aromatic N) is 1. The molecule has 2 rings (SSSR count). The van der Waals surface area contributed by atoms with E-state index >= 15 is 0 Å². The second-order valence-electron chi connectivity index (χ2n) is 5.61. The summed E-state index contributed by atoms with van der Waals surface area (Å²) in [6, 6.07) is 4.51. The van der Waals surface area contributed by atoms with Gasteiger partial charge in [0.2, 0.25) is 0 Å². The third-order valence-electron chi connectivity index (χ3n) is 3.98. The molecule has 7 heteroatoms. The number of methoxy groups -OCH3 is 1. The third-order valence-corrected chi connectivity index (χ3v) is 3.98. The summed E-state index contributed by atoms with van der Waals surface area (Å²) in [5, 5.41) is 3.25. The number of benzene rings is 1. The van der Waals surface area contributed by atoms with Crippen LogP contribution in [-0.4, -0.2) is 57.0 Å². The average molecular weight is 340 g/mol. The van der Waals surface area contributed by atoms with E-state index in [-0.39, 0.29) is 12.6 Å². The van der Waals surface area contributed by atoms with Crippen LogP contribution >= 0.6 is 0 Å². The van der Waals surface area contributed by atoms with Gasteiger partial charge in [-0.25, -0.2) is 9.18 Å². The van der Waals surface area contributed by atoms with Crippen LogP contribution in [-0.2, 0) is 16.1 Å². The Morgan fingerprint density at radius 1 is 1.42 bits per heavy atom. The first-order valence-electron chi connectivity index (χ1n) is 8.20. The fourth-order valence-electron chi connectivity index (χ4n) is 2.58. The monoisotopic (exact) mass is 340 g/mol. The third kappa shape index (κ3) is 5.07. The van der Waals surface area contributed by atoms with Crippen LogP contribution < -0.4 is 10.1 Å². The minimum Gasteiger partial charge on any atom is -0.491 e. The number of piperazine rings is 1. The molecule has 0 spiro atoms. The van der Waals surface area contributed by atoms with Gasteiger partial charge in [-0.1, -0.05) is 6.92 Å². The van der Waals surface area contributed by atoms with Crippen LogP contribution in [0, 0.1) is 5.82 Å². The molecule has 134 valence electrons. The Hall–Kier alpha value is -1.86. The van der Waals surface area contributed by atoms with Crippen LogP contribution in [0.15, 0.2) is 18.2 Å². The summed E-state index contributed by atoms with van der Waals surface area (Å²) < 4.78 is 29.6. The van der Waals surface area contributed by atoms with Crippen molar-refractivity contribution in [1.29, 1.82) is 0 Å². The van der Waals surface area contributed by atoms with E-state index in [0.717, 1.165) is 19.5 Å². The highest BCUT2D eigenvalue weighted by molar-refractivity contribution is 5.68. The average Bonchev–Trinajstić information content (AvgIpc) is 2.61. The van der Waals surface area contributed by atoms with Crippen molar-refractivity contribution in [2.24, 2.45) is 0 Å². The van der Waals surface area contributed by atoms with Crippen molar-refractivity contribution in [3.63, 3.8) is 0 Å². The van der Waals surface area contributed by atoms with Gasteiger partial charge in [-0.2, -0.15) is 0 Å². The maximum Gasteiger partial charge on any atom is 0.410 e. The van der Waals surface area contributed by atoms with Gasteiger partial charge in [-0.3, -0.25) is 0 Å². The summed E-state index contributed by atoms with van der Waals surface area (Å²) in [6.45, 7) is 4.82. The summed E-state index contributed by atoms with van der Waals surface area (Å²) in [6.07, 6.45) is 0.438. The normalized spacial score (nSPS) is 17.6. The molecule has 6 nitrogen and oxygen atoms in total. The fraction of sp³-hybridized carbons (Fsp3) is 0.588. The summed E-state index contributed by atoms with van der Waals surface area (Å²) in [7, 11) is 1.58. The second-order valence-corrected chi connectivity index (χ2v) is 5.61. The van der Waals surface area contributed by atoms with Crippen molar-refractivity contribution in [3.05, 3.63) is 29.6 Å². The summed E-state index contributed by atoms with van der Waals surface area (Å²) in [5.41, 5.74) is 0.293. The van der Waals surface area contributed by atoms with Crippen molar-refractivity contribution in [1.82, 2.24) is 10.2 Å². The minimum atomic E-state index is -0.422. The SMILES string of the molecule is CC[C@@H]1CNCCN1C(=O)OCc1cc(OCCOC)ccc1F. The molecule has 1 aliphatic heterocycles. The molecule has 1 saturated heterocycles. The summed E-state index contributed by atoms with van der Waals surface area (Å²) >= 11 is 0. The predicted octanol–water partition coefficient (Wildman–Crippen LogP) is 2.17. The Morgan fingerprint density at radius 2 is 2.25 bits per heavy atom. The Labute approximate surface area is 141 Å². The number of carbonyl (C=O) groups is 1. The first kappa shape index (κ1) is 18.5. The summed E-state index contributed by atoms with van der Waals surface area (Å²) in [4.78, 5) is 14.0. The van der Waals surface area contributed by atoms with Crippen LogP contribution in [0.3, 0.4) is 0 Å². The highest BCUT2D eigenvalue weighted by Gasteiger charge is 2.26. The van der Waals surface area contributed by atoms with Crippen molar-refractivity contribution < 1.29 is 23.4 Å². The molecular weight excluding hydrogens is 315 g/mol. The standard InChI is InChI=1S/C17H25FN2O4/c1-3-14-11-19-6-7-20(14)17(21)24-12-13-10-15(4-5-16(13)18)23-9-8-22-2/h4-5,10,14,19H,3,6-9,11-12H2,1-2H3/t14-/m1/s1. The Bertz CT molecular complexity index is 541. The highest BCUT2D eigenvalue weighted by atomic mass is 19.1. The topological polar surface area (TPSA) is 60.0 Å². The van der Waals surface area contributed by atoms with E-state index in [1.54, 1.807) is 24.1 Å². The molecule has 1 fully saturated rings. The van der Waals surface area contributed by atoms with Gasteiger partial charge >= 0.3 is 6.09 Å². The van der Waals surface area contributed by atoms with E-state index in [0.29, 0.717) is 31.1 Å². The maximum absolute atomic E-state index is 13.9. The largest absolute Gasteiger partial charge is 0.491 e. The number of halogens is 1. The molecule has 1 N–H and O–H groups in total. The smallest absolute Gasteiger partial charge is 0.410 e. The summed E-state index contributed by atoms with van der Waals surface area (Å²) in [5.74, 6) is 0.0994. The molecule has 0 unspecified atom stereocenters. The molecule has 1 aromatic rings. The molecule has 1 aliphatic rings. The second kappa shape index (κ2) is 9.44. The van der Waals surface area contributed by atoms with Crippen molar-refractivity contribution in [2.45, 2.75) is 26.0 Å². The van der Waals surface area contributed by atoms with Gasteiger partial charge in [0, 0.05) is 38.3 Å². The van der Waals surface area contributed by atoms with Gasteiger partial charge in [-0.15, -0.1) is 0 Å². The minimum absolute atomic E-state index is 0.111. The zero-order valence-electron chi connectivity index (χ0n) is 14.2. The van der Waals surface area contributed by atoms with Gasteiger partial charge in [0.15, 0.2) is 0 Å². The molecular formula is C17H25FN2O4. The molecule has 1 heterocycles. The number of nitrogens with one attached hydrogen (secondary N) is 1. The van der Waals surface area contributed by atoms with E-state index in [1.807, 2.05) is 6.92 Å². The van der Waals surface area contributed by atoms with E-state index in [9.17, 15) is 9.18 Å². The fourth-order valence-corrected chi connectivity index (χ4v) is 2.58. The number of amides is 1. The van der Waals surface area contributed by atoms with E-state index in [2.05, 4.69) is 5.32 Å². The molecule has 1 aromatic carbocycles. The molecule has 0 saturated carbocycles. The molecule has 0 aromatic heterocycles. The lowest BCUT2D eigenvalue weighted by Crippen LogP contribution is -2.53. The lowest BCUT2D eigenvalue weighted by atomic mass is 10.1. The van der Waals surface area contributed by atoms with Crippen LogP contribution in [0.2, 0.25) is 0 Å². The Kier molecular flexibility index (Phi) is 7.27. The zero-order valence-corrected chi connectivity index (χ0v) is 14.2. The molecule has 0 radical (unpaired) electrons. The van der Waals surface area contributed by atoms with Crippen LogP contribution in [0.5, 0.6) is 5.75 Å². The maximum atomic E-state index is 13.9. The molecule has 0 bridgehead atoms. The number of hydrogen-bond acceptors (Lipinski definition) is 5. The number of rotatable bonds is 7. The van der Waals surface area contributed by atoms with Gasteiger partial charge in [0.05, 0.1) is 6.61 Å². The van der Waals surface area contributed by atoms with Crippen LogP contribution in [0.1, 0.15) is 18.9 Å². The van der Waals surface area contributed by atoms with Gasteiger partial charge < -0.3 is 24.4 Å². The quantitative estimate of drug-likeness (QED) is 0.771. The van der Waals surface area contributed by atoms with Crippen molar-refractivity contribution >= 4 is 6.09 Å². The van der Waals surface area contributed by atoms with Crippen molar-refractivity contribution in [3.8, 4) is 5.75 Å². The Morgan fingerprint density at radius 3 is 3.00 bits per heavy atom. The Balaban J connectivity index is 1.92. The van der Waals surface area contributed by atoms with E-state index < -0.39 is 11.9 Å². The number of hydrogen-bond donors (Lipinski definition) is 1. The van der Waals surface area contributed by atoms with Gasteiger partial charge in [0.25, 0.3) is 0 Å². The number of ether oxygens (including phenoxy) is 3. The van der Waals surface area contributed by atoms with Crippen molar-refractivity contribution in [2.75, 3.05) is 40.0 Å². The number of carbonyl (C=O) groups excluding carboxylic acids is 1. The molecule has 0 aliphatic carbocycles. The first-order valence-corrected chi connectivity index (χ1v) is 8.20. The zero-order chi connectivity index (χ0) is 17.4. The molecule has 1 atom stereocenters. The lowest BCUT2D eigenvalue weighted by Gasteiger charge is -2.34. The molecule has 1 amide bonds. The van der Waals surface area contributed by atoms with E-state index in [1.165, 1.54) is 6.07 Å². The lowest BCUT2D eigenvalue weighted by molar-refractivity contribution is 0.0705.